The van der Waals surface area contributed by atoms with Gasteiger partial charge in [0.15, 0.2) is 23.0 Å². The van der Waals surface area contributed by atoms with E-state index in [4.69, 9.17) is 48.7 Å². The maximum Gasteiger partial charge on any atom is 1.00 e. The molecule has 0 saturated heterocycles. The van der Waals surface area contributed by atoms with Gasteiger partial charge in [-0.25, -0.2) is 9.59 Å². The maximum atomic E-state index is 11.6. The van der Waals surface area contributed by atoms with Crippen LogP contribution in [0.1, 0.15) is 62.7 Å². The molecule has 0 spiro atoms. The van der Waals surface area contributed by atoms with Crippen molar-refractivity contribution in [2.45, 2.75) is 40.5 Å². The summed E-state index contributed by atoms with van der Waals surface area (Å²) in [7, 11) is 0. The number of carbonyl (C=O) groups is 3. The molecule has 2 aromatic carbocycles. The molecule has 1 heterocycles. The maximum absolute atomic E-state index is 11.6. The zero-order valence-electron chi connectivity index (χ0n) is 27.5. The molecule has 0 atom stereocenters. The van der Waals surface area contributed by atoms with Crippen LogP contribution in [0.15, 0.2) is 36.4 Å². The molecule has 0 amide bonds. The Hall–Kier alpha value is -0.797. The van der Waals surface area contributed by atoms with E-state index in [0.29, 0.717) is 50.1 Å². The molecule has 13 nitrogen and oxygen atoms in total. The minimum Gasteiger partial charge on any atom is -1.00 e. The van der Waals surface area contributed by atoms with Crippen molar-refractivity contribution < 1.29 is 167 Å². The summed E-state index contributed by atoms with van der Waals surface area (Å²) in [6.45, 7) is 11.9. The Bertz CT molecular complexity index is 1040. The van der Waals surface area contributed by atoms with Crippen LogP contribution in [0.5, 0.6) is 23.0 Å². The van der Waals surface area contributed by atoms with E-state index in [0.717, 1.165) is 32.1 Å². The quantitative estimate of drug-likeness (QED) is 0.0534. The molecule has 2 aromatic rings. The molecule has 44 heavy (non-hydrogen) atoms. The van der Waals surface area contributed by atoms with Gasteiger partial charge in [0.1, 0.15) is 13.2 Å². The van der Waals surface area contributed by atoms with Gasteiger partial charge in [-0.05, 0) is 63.1 Å². The van der Waals surface area contributed by atoms with Crippen LogP contribution in [-0.4, -0.2) is 81.5 Å². The van der Waals surface area contributed by atoms with E-state index in [1.807, 2.05) is 0 Å². The van der Waals surface area contributed by atoms with Gasteiger partial charge < -0.3 is 50.2 Å². The zero-order chi connectivity index (χ0) is 31.6. The van der Waals surface area contributed by atoms with Crippen LogP contribution in [-0.2, 0) is 28.6 Å². The molecule has 0 fully saturated rings. The molecule has 3 rings (SSSR count). The number of carbonyl (C=O) groups excluding carboxylic acids is 3. The van der Waals surface area contributed by atoms with Crippen LogP contribution in [0, 0.1) is 0 Å². The number of benzene rings is 2. The smallest absolute Gasteiger partial charge is 1.00 e. The molecule has 0 saturated carbocycles. The second kappa shape index (κ2) is 32.2. The largest absolute Gasteiger partial charge is 1.00 e. The summed E-state index contributed by atoms with van der Waals surface area (Å²) in [5, 5.41) is 26.4. The number of phenols is 2. The van der Waals surface area contributed by atoms with Gasteiger partial charge in [-0.2, -0.15) is 0 Å². The van der Waals surface area contributed by atoms with E-state index in [-0.39, 0.29) is 140 Å². The molecular formula is C29H42K2O13. The van der Waals surface area contributed by atoms with Crippen LogP contribution < -0.4 is 118 Å². The van der Waals surface area contributed by atoms with Crippen molar-refractivity contribution in [1.82, 2.24) is 0 Å². The van der Waals surface area contributed by atoms with Crippen molar-refractivity contribution in [2.75, 3.05) is 52.9 Å². The topological polar surface area (TPSA) is 179 Å². The fourth-order valence-electron chi connectivity index (χ4n) is 2.86. The normalized spacial score (nSPS) is 11.0. The predicted molar refractivity (Wildman–Crippen MR) is 150 cm³/mol. The molecule has 15 heteroatoms. The Morgan fingerprint density at radius 1 is 0.795 bits per heavy atom. The summed E-state index contributed by atoms with van der Waals surface area (Å²) in [5.74, 6) is -0.295. The first-order valence-electron chi connectivity index (χ1n) is 13.4. The molecule has 1 aliphatic heterocycles. The molecule has 0 aromatic heterocycles. The third-order valence-electron chi connectivity index (χ3n) is 4.65. The molecule has 0 aliphatic carbocycles. The van der Waals surface area contributed by atoms with E-state index >= 15 is 0 Å². The van der Waals surface area contributed by atoms with Gasteiger partial charge in [0.05, 0.1) is 37.6 Å². The average Bonchev–Trinajstić information content (AvgIpc) is 3.11. The molecule has 2 N–H and O–H groups in total. The zero-order valence-corrected chi connectivity index (χ0v) is 32.7. The number of ether oxygens (including phenoxy) is 6. The fourth-order valence-corrected chi connectivity index (χ4v) is 2.86. The van der Waals surface area contributed by atoms with Crippen molar-refractivity contribution in [1.29, 1.82) is 0 Å². The number of hydrogen-bond acceptors (Lipinski definition) is 13. The Morgan fingerprint density at radius 2 is 1.27 bits per heavy atom. The van der Waals surface area contributed by atoms with E-state index < -0.39 is 5.97 Å². The Kier molecular flexibility index (Phi) is 34.8. The van der Waals surface area contributed by atoms with E-state index in [1.54, 1.807) is 32.0 Å². The summed E-state index contributed by atoms with van der Waals surface area (Å²) >= 11 is 0. The number of esters is 2. The van der Waals surface area contributed by atoms with Crippen LogP contribution >= 0.6 is 0 Å². The second-order valence-electron chi connectivity index (χ2n) is 7.92. The van der Waals surface area contributed by atoms with Crippen molar-refractivity contribution in [3.8, 4) is 23.0 Å². The minimum absolute atomic E-state index is 0. The van der Waals surface area contributed by atoms with Gasteiger partial charge in [0.2, 0.25) is 0 Å². The number of fused-ring (bicyclic) bond motifs is 1. The van der Waals surface area contributed by atoms with Gasteiger partial charge in [0.25, 0.3) is 6.47 Å². The summed E-state index contributed by atoms with van der Waals surface area (Å²) in [6, 6.07) is 8.80. The third-order valence-corrected chi connectivity index (χ3v) is 4.65. The van der Waals surface area contributed by atoms with Crippen molar-refractivity contribution in [3.05, 3.63) is 47.5 Å². The van der Waals surface area contributed by atoms with E-state index in [2.05, 4.69) is 18.7 Å². The van der Waals surface area contributed by atoms with Crippen molar-refractivity contribution in [3.63, 3.8) is 0 Å². The number of rotatable bonds is 9. The van der Waals surface area contributed by atoms with E-state index in [9.17, 15) is 9.59 Å². The average molecular weight is 677 g/mol. The number of aromatic hydroxyl groups is 2. The van der Waals surface area contributed by atoms with Crippen LogP contribution in [0.2, 0.25) is 0 Å². The molecule has 0 bridgehead atoms. The Balaban J connectivity index is -0.000000275. The molecule has 1 aliphatic rings. The van der Waals surface area contributed by atoms with Gasteiger partial charge >= 0.3 is 115 Å². The Labute approximate surface area is 345 Å². The molecular weight excluding hydrogens is 635 g/mol. The first-order chi connectivity index (χ1) is 20.3. The van der Waals surface area contributed by atoms with Crippen LogP contribution in [0.4, 0.5) is 0 Å². The second-order valence-corrected chi connectivity index (χ2v) is 7.92. The molecule has 0 unspecified atom stereocenters. The first-order valence-corrected chi connectivity index (χ1v) is 13.4. The third kappa shape index (κ3) is 22.7. The van der Waals surface area contributed by atoms with Gasteiger partial charge in [-0.1, -0.05) is 13.8 Å². The van der Waals surface area contributed by atoms with Gasteiger partial charge in [-0.3, -0.25) is 4.79 Å². The standard InChI is InChI=1S/C13H16O5.C9H10O4.C6H14O.CH2O3.2K.H/c1-2-16-13(14)10-3-4-11-12(9-10)18-8-6-15-5-7-17-11;1-2-13-9(12)6-3-4-7(10)8(11)5-6;1-3-5-7-6-4-2;2-1-4-3;;;/h3-4,9H,2,5-8H2,1H3;3-5,10-11H,2H2,1H3;3-6H2,1-2H3;1,3H;;;/q;;;;2*+1;-1/p-1. The van der Waals surface area contributed by atoms with Gasteiger partial charge in [-0.15, -0.1) is 0 Å². The summed E-state index contributed by atoms with van der Waals surface area (Å²) in [4.78, 5) is 34.0. The monoisotopic (exact) mass is 676 g/mol. The number of phenolic OH excluding ortho intramolecular Hbond substituents is 2. The van der Waals surface area contributed by atoms with Crippen molar-refractivity contribution in [2.24, 2.45) is 0 Å². The van der Waals surface area contributed by atoms with Crippen LogP contribution in [0.25, 0.3) is 0 Å². The minimum atomic E-state index is -0.516. The van der Waals surface area contributed by atoms with E-state index in [1.165, 1.54) is 12.1 Å². The predicted octanol–water partition coefficient (Wildman–Crippen LogP) is -2.70. The van der Waals surface area contributed by atoms with Gasteiger partial charge in [0, 0.05) is 13.2 Å². The fraction of sp³-hybridized carbons (Fsp3) is 0.483. The first kappa shape index (κ1) is 47.6. The van der Waals surface area contributed by atoms with Crippen LogP contribution in [0.3, 0.4) is 0 Å². The molecule has 238 valence electrons. The molecule has 0 radical (unpaired) electrons. The number of hydrogen-bond donors (Lipinski definition) is 2. The summed E-state index contributed by atoms with van der Waals surface area (Å²) < 4.78 is 31.0. The summed E-state index contributed by atoms with van der Waals surface area (Å²) in [6.07, 6.45) is 2.28. The van der Waals surface area contributed by atoms with Crippen molar-refractivity contribution >= 4 is 18.4 Å². The summed E-state index contributed by atoms with van der Waals surface area (Å²) in [5.41, 5.74) is 0.677. The Morgan fingerprint density at radius 3 is 1.73 bits per heavy atom. The SMILES string of the molecule is CCCOCCC.CCOC(=O)c1ccc(O)c(O)c1.CCOC(=O)c1ccc2c(c1)OCCOCCO2.O=CO[O-].[H-].[K+].[K+].